The Balaban J connectivity index is 1.78. The third-order valence-electron chi connectivity index (χ3n) is 5.64. The number of hydrogen-bond acceptors (Lipinski definition) is 3. The van der Waals surface area contributed by atoms with E-state index in [1.165, 1.54) is 12.1 Å². The summed E-state index contributed by atoms with van der Waals surface area (Å²) in [6.07, 6.45) is 0.813. The van der Waals surface area contributed by atoms with Gasteiger partial charge in [-0.2, -0.15) is 0 Å². The summed E-state index contributed by atoms with van der Waals surface area (Å²) in [5.74, 6) is -0.431. The Bertz CT molecular complexity index is 859. The first kappa shape index (κ1) is 17.5. The quantitative estimate of drug-likeness (QED) is 0.809. The summed E-state index contributed by atoms with van der Waals surface area (Å²) >= 11 is 3.53. The van der Waals surface area contributed by atoms with Gasteiger partial charge in [0.25, 0.3) is 5.91 Å². The predicted octanol–water partition coefficient (Wildman–Crippen LogP) is 3.60. The Kier molecular flexibility index (Phi) is 4.49. The second-order valence-corrected chi connectivity index (χ2v) is 7.89. The van der Waals surface area contributed by atoms with Crippen LogP contribution in [-0.4, -0.2) is 42.2 Å². The van der Waals surface area contributed by atoms with Gasteiger partial charge in [0.15, 0.2) is 0 Å². The number of hydrogen-bond donors (Lipinski definition) is 1. The monoisotopic (exact) mass is 418 g/mol. The molecule has 2 heterocycles. The molecule has 0 saturated carbocycles. The third kappa shape index (κ3) is 2.72. The number of carbonyl (C=O) groups is 1. The van der Waals surface area contributed by atoms with Crippen LogP contribution >= 0.6 is 15.9 Å². The van der Waals surface area contributed by atoms with Crippen molar-refractivity contribution in [2.75, 3.05) is 25.1 Å². The zero-order chi connectivity index (χ0) is 18.4. The molecule has 2 aliphatic rings. The van der Waals surface area contributed by atoms with Gasteiger partial charge in [0.05, 0.1) is 18.7 Å². The van der Waals surface area contributed by atoms with Crippen molar-refractivity contribution in [1.29, 1.82) is 0 Å². The van der Waals surface area contributed by atoms with Crippen molar-refractivity contribution in [1.82, 2.24) is 4.90 Å². The van der Waals surface area contributed by atoms with Crippen molar-refractivity contribution in [3.63, 3.8) is 0 Å². The lowest BCUT2D eigenvalue weighted by molar-refractivity contribution is 0.0693. The number of fused-ring (bicyclic) bond motifs is 3. The smallest absolute Gasteiger partial charge is 0.254 e. The molecular weight excluding hydrogens is 399 g/mol. The fourth-order valence-electron chi connectivity index (χ4n) is 4.44. The highest BCUT2D eigenvalue weighted by Gasteiger charge is 2.47. The Labute approximate surface area is 160 Å². The lowest BCUT2D eigenvalue weighted by Gasteiger charge is -2.44. The van der Waals surface area contributed by atoms with Crippen LogP contribution in [0.25, 0.3) is 0 Å². The normalized spacial score (nSPS) is 24.4. The molecule has 0 aromatic heterocycles. The summed E-state index contributed by atoms with van der Waals surface area (Å²) in [5.41, 5.74) is 2.45. The Hall–Kier alpha value is -1.92. The number of aliphatic hydroxyl groups is 1. The van der Waals surface area contributed by atoms with Gasteiger partial charge in [-0.15, -0.1) is 0 Å². The minimum Gasteiger partial charge on any atom is -0.394 e. The highest BCUT2D eigenvalue weighted by Crippen LogP contribution is 2.49. The topological polar surface area (TPSA) is 43.8 Å². The molecular formula is C20H20BrFN2O2. The lowest BCUT2D eigenvalue weighted by Crippen LogP contribution is -2.48. The number of aliphatic hydroxyl groups excluding tert-OH is 1. The average molecular weight is 419 g/mol. The van der Waals surface area contributed by atoms with Crippen LogP contribution in [-0.2, 0) is 0 Å². The van der Waals surface area contributed by atoms with Crippen molar-refractivity contribution in [3.8, 4) is 0 Å². The molecule has 3 atom stereocenters. The standard InChI is InChI=1S/C20H20BrFN2O2/c1-23-17-6-5-13(21)10-16(17)19-15(18(23)11-25)7-8-24(19)20(26)12-3-2-4-14(22)9-12/h2-6,9-10,15,18-19,25H,7-8,11H2,1H3/t15-,18-,19-/m0/s1. The van der Waals surface area contributed by atoms with Crippen LogP contribution in [0.3, 0.4) is 0 Å². The van der Waals surface area contributed by atoms with Crippen molar-refractivity contribution in [3.05, 3.63) is 63.9 Å². The van der Waals surface area contributed by atoms with Crippen LogP contribution in [0, 0.1) is 11.7 Å². The SMILES string of the molecule is CN1c2ccc(Br)cc2[C@@H]2[C@@H](CCN2C(=O)c2cccc(F)c2)[C@@H]1CO. The summed E-state index contributed by atoms with van der Waals surface area (Å²) in [5, 5.41) is 9.96. The maximum atomic E-state index is 13.6. The van der Waals surface area contributed by atoms with Crippen LogP contribution in [0.1, 0.15) is 28.4 Å². The van der Waals surface area contributed by atoms with Crippen molar-refractivity contribution in [2.45, 2.75) is 18.5 Å². The number of benzene rings is 2. The molecule has 0 unspecified atom stereocenters. The van der Waals surface area contributed by atoms with Crippen LogP contribution in [0.5, 0.6) is 0 Å². The molecule has 136 valence electrons. The van der Waals surface area contributed by atoms with Gasteiger partial charge in [-0.05, 0) is 48.4 Å². The third-order valence-corrected chi connectivity index (χ3v) is 6.14. The van der Waals surface area contributed by atoms with Gasteiger partial charge in [-0.3, -0.25) is 4.79 Å². The Morgan fingerprint density at radius 3 is 2.85 bits per heavy atom. The van der Waals surface area contributed by atoms with E-state index in [1.54, 1.807) is 12.1 Å². The fourth-order valence-corrected chi connectivity index (χ4v) is 4.82. The second kappa shape index (κ2) is 6.67. The van der Waals surface area contributed by atoms with Crippen molar-refractivity contribution in [2.24, 2.45) is 5.92 Å². The molecule has 2 aromatic rings. The minimum atomic E-state index is -0.411. The minimum absolute atomic E-state index is 0.0369. The van der Waals surface area contributed by atoms with E-state index in [9.17, 15) is 14.3 Å². The molecule has 1 N–H and O–H groups in total. The molecule has 2 aliphatic heterocycles. The van der Waals surface area contributed by atoms with Gasteiger partial charge in [0.2, 0.25) is 0 Å². The van der Waals surface area contributed by atoms with E-state index in [1.807, 2.05) is 30.1 Å². The molecule has 0 radical (unpaired) electrons. The molecule has 0 bridgehead atoms. The van der Waals surface area contributed by atoms with E-state index in [2.05, 4.69) is 20.8 Å². The zero-order valence-electron chi connectivity index (χ0n) is 14.4. The summed E-state index contributed by atoms with van der Waals surface area (Å²) in [7, 11) is 1.99. The Morgan fingerprint density at radius 2 is 2.12 bits per heavy atom. The number of carbonyl (C=O) groups excluding carboxylic acids is 1. The molecule has 0 aliphatic carbocycles. The number of halogens is 2. The molecule has 0 spiro atoms. The van der Waals surface area contributed by atoms with E-state index in [0.717, 1.165) is 22.1 Å². The van der Waals surface area contributed by atoms with Gasteiger partial charge >= 0.3 is 0 Å². The number of rotatable bonds is 2. The van der Waals surface area contributed by atoms with Crippen LogP contribution in [0.2, 0.25) is 0 Å². The van der Waals surface area contributed by atoms with E-state index < -0.39 is 5.82 Å². The molecule has 4 rings (SSSR count). The molecule has 4 nitrogen and oxygen atoms in total. The maximum absolute atomic E-state index is 13.6. The lowest BCUT2D eigenvalue weighted by atomic mass is 9.82. The second-order valence-electron chi connectivity index (χ2n) is 6.97. The van der Waals surface area contributed by atoms with E-state index in [0.29, 0.717) is 12.1 Å². The van der Waals surface area contributed by atoms with Gasteiger partial charge in [-0.1, -0.05) is 22.0 Å². The van der Waals surface area contributed by atoms with Crippen LogP contribution in [0.15, 0.2) is 46.9 Å². The summed E-state index contributed by atoms with van der Waals surface area (Å²) in [4.78, 5) is 17.0. The van der Waals surface area contributed by atoms with Gasteiger partial charge in [0, 0.05) is 35.2 Å². The molecule has 1 saturated heterocycles. The van der Waals surface area contributed by atoms with Gasteiger partial charge < -0.3 is 14.9 Å². The first-order valence-corrected chi connectivity index (χ1v) is 9.50. The van der Waals surface area contributed by atoms with Crippen molar-refractivity contribution < 1.29 is 14.3 Å². The molecule has 1 amide bonds. The number of amides is 1. The summed E-state index contributed by atoms with van der Waals surface area (Å²) in [6, 6.07) is 11.7. The molecule has 26 heavy (non-hydrogen) atoms. The number of likely N-dealkylation sites (N-methyl/N-ethyl adjacent to an activating group) is 1. The zero-order valence-corrected chi connectivity index (χ0v) is 16.0. The summed E-state index contributed by atoms with van der Waals surface area (Å²) in [6.45, 7) is 0.635. The van der Waals surface area contributed by atoms with Crippen LogP contribution in [0.4, 0.5) is 10.1 Å². The molecule has 6 heteroatoms. The predicted molar refractivity (Wildman–Crippen MR) is 102 cm³/mol. The Morgan fingerprint density at radius 1 is 1.31 bits per heavy atom. The fraction of sp³-hybridized carbons (Fsp3) is 0.350. The van der Waals surface area contributed by atoms with E-state index in [-0.39, 0.29) is 30.5 Å². The first-order chi connectivity index (χ1) is 12.5. The van der Waals surface area contributed by atoms with Gasteiger partial charge in [0.1, 0.15) is 5.82 Å². The maximum Gasteiger partial charge on any atom is 0.254 e. The summed E-state index contributed by atoms with van der Waals surface area (Å²) < 4.78 is 14.5. The molecule has 2 aromatic carbocycles. The molecule has 1 fully saturated rings. The van der Waals surface area contributed by atoms with Gasteiger partial charge in [-0.25, -0.2) is 4.39 Å². The highest BCUT2D eigenvalue weighted by molar-refractivity contribution is 9.10. The number of anilines is 1. The van der Waals surface area contributed by atoms with E-state index >= 15 is 0 Å². The number of nitrogens with zero attached hydrogens (tertiary/aromatic N) is 2. The first-order valence-electron chi connectivity index (χ1n) is 8.71. The average Bonchev–Trinajstić information content (AvgIpc) is 3.06. The highest BCUT2D eigenvalue weighted by atomic mass is 79.9. The largest absolute Gasteiger partial charge is 0.394 e. The van der Waals surface area contributed by atoms with Crippen LogP contribution < -0.4 is 4.90 Å². The number of likely N-dealkylation sites (tertiary alicyclic amines) is 1. The van der Waals surface area contributed by atoms with E-state index in [4.69, 9.17) is 0 Å². The van der Waals surface area contributed by atoms with Crippen molar-refractivity contribution >= 4 is 27.5 Å².